The van der Waals surface area contributed by atoms with Crippen molar-refractivity contribution >= 4 is 49.4 Å². The molecule has 0 N–H and O–H groups in total. The van der Waals surface area contributed by atoms with Gasteiger partial charge in [0, 0.05) is 22.5 Å². The van der Waals surface area contributed by atoms with E-state index in [0.717, 1.165) is 17.1 Å². The minimum atomic E-state index is -0.453. The van der Waals surface area contributed by atoms with Gasteiger partial charge in [-0.15, -0.1) is 0 Å². The molecule has 0 fully saturated rings. The number of anilines is 3. The molecule has 0 atom stereocenters. The standard InChI is InChI=1S/C65H43N/c1-63(2)52-21-7-6-20-50(52)51-36-31-45(38-58(51)63)42-29-34-48(35-30-42)66(47-32-27-41(28-33-47)40-13-4-3-5-14-40)49-37-46-19-12-26-57-62(46)59(39-49)65-55-24-10-17-43-15-8-22-53(60(43)55)64(57,65)54-23-9-16-44-18-11-25-56(65)61(44)54/h3-39H,1-2H3. The number of benzene rings is 11. The van der Waals surface area contributed by atoms with Crippen LogP contribution in [0, 0.1) is 0 Å². The Hall–Kier alpha value is -8.00. The zero-order valence-electron chi connectivity index (χ0n) is 36.8. The molecule has 0 aromatic heterocycles. The number of fused-ring (bicyclic) bond motifs is 3. The molecule has 4 aliphatic rings. The molecule has 66 heavy (non-hydrogen) atoms. The minimum absolute atomic E-state index is 0.0581. The van der Waals surface area contributed by atoms with Crippen molar-refractivity contribution in [2.75, 3.05) is 4.90 Å². The Kier molecular flexibility index (Phi) is 6.95. The van der Waals surface area contributed by atoms with E-state index in [9.17, 15) is 0 Å². The average Bonchev–Trinajstić information content (AvgIpc) is 3.98. The van der Waals surface area contributed by atoms with Crippen molar-refractivity contribution in [2.45, 2.75) is 30.1 Å². The molecular weight excluding hydrogens is 795 g/mol. The van der Waals surface area contributed by atoms with E-state index in [-0.39, 0.29) is 5.41 Å². The van der Waals surface area contributed by atoms with Crippen molar-refractivity contribution in [3.05, 3.63) is 269 Å². The van der Waals surface area contributed by atoms with Gasteiger partial charge in [0.2, 0.25) is 0 Å². The summed E-state index contributed by atoms with van der Waals surface area (Å²) in [5.74, 6) is 0. The second kappa shape index (κ2) is 12.6. The SMILES string of the molecule is CC1(C)c2ccccc2-c2ccc(-c3ccc(N(c4ccc(-c5ccccc5)cc4)c4cc5c6c(cccc6c4)C46c7cccc8cccc(c78)C54c4cccc5cccc6c45)cc3)cc21. The maximum absolute atomic E-state index is 2.57. The predicted octanol–water partition coefficient (Wildman–Crippen LogP) is 16.6. The minimum Gasteiger partial charge on any atom is -0.310 e. The van der Waals surface area contributed by atoms with Gasteiger partial charge in [-0.1, -0.05) is 196 Å². The molecule has 1 heteroatoms. The smallest absolute Gasteiger partial charge is 0.0649 e. The largest absolute Gasteiger partial charge is 0.310 e. The molecule has 4 aliphatic carbocycles. The van der Waals surface area contributed by atoms with Crippen LogP contribution in [0.3, 0.4) is 0 Å². The van der Waals surface area contributed by atoms with E-state index in [1.54, 1.807) is 0 Å². The fourth-order valence-corrected chi connectivity index (χ4v) is 13.7. The first-order valence-electron chi connectivity index (χ1n) is 23.4. The topological polar surface area (TPSA) is 3.24 Å². The summed E-state index contributed by atoms with van der Waals surface area (Å²) in [5, 5.41) is 8.09. The van der Waals surface area contributed by atoms with Crippen LogP contribution in [0.15, 0.2) is 224 Å². The van der Waals surface area contributed by atoms with Gasteiger partial charge in [-0.05, 0) is 153 Å². The maximum Gasteiger partial charge on any atom is 0.0649 e. The molecule has 0 radical (unpaired) electrons. The normalized spacial score (nSPS) is 18.4. The maximum atomic E-state index is 2.57. The lowest BCUT2D eigenvalue weighted by molar-refractivity contribution is 0.492. The first kappa shape index (κ1) is 36.4. The molecule has 0 heterocycles. The molecular formula is C65H43N. The highest BCUT2D eigenvalue weighted by Crippen LogP contribution is 2.76. The van der Waals surface area contributed by atoms with Crippen LogP contribution in [0.1, 0.15) is 58.4 Å². The van der Waals surface area contributed by atoms with E-state index in [2.05, 4.69) is 243 Å². The molecule has 0 spiro atoms. The third-order valence-electron chi connectivity index (χ3n) is 16.3. The molecule has 15 rings (SSSR count). The second-order valence-corrected chi connectivity index (χ2v) is 19.5. The number of hydrogen-bond acceptors (Lipinski definition) is 1. The van der Waals surface area contributed by atoms with Gasteiger partial charge in [0.1, 0.15) is 0 Å². The lowest BCUT2D eigenvalue weighted by Gasteiger charge is -2.40. The molecule has 0 saturated carbocycles. The zero-order valence-corrected chi connectivity index (χ0v) is 36.8. The third-order valence-corrected chi connectivity index (χ3v) is 16.3. The molecule has 11 aromatic rings. The van der Waals surface area contributed by atoms with Crippen molar-refractivity contribution in [1.82, 2.24) is 0 Å². The van der Waals surface area contributed by atoms with Crippen LogP contribution in [0.5, 0.6) is 0 Å². The van der Waals surface area contributed by atoms with Crippen molar-refractivity contribution in [2.24, 2.45) is 0 Å². The summed E-state index contributed by atoms with van der Waals surface area (Å²) in [4.78, 5) is 2.49. The Morgan fingerprint density at radius 3 is 1.27 bits per heavy atom. The number of hydrogen-bond donors (Lipinski definition) is 0. The third kappa shape index (κ3) is 4.28. The Morgan fingerprint density at radius 1 is 0.273 bits per heavy atom. The monoisotopic (exact) mass is 837 g/mol. The Morgan fingerprint density at radius 2 is 0.697 bits per heavy atom. The van der Waals surface area contributed by atoms with Crippen LogP contribution in [0.4, 0.5) is 17.1 Å². The van der Waals surface area contributed by atoms with Crippen LogP contribution in [0.25, 0.3) is 65.7 Å². The lowest BCUT2D eigenvalue weighted by Crippen LogP contribution is -2.42. The molecule has 0 bridgehead atoms. The van der Waals surface area contributed by atoms with Gasteiger partial charge in [-0.2, -0.15) is 0 Å². The van der Waals surface area contributed by atoms with Gasteiger partial charge in [0.25, 0.3) is 0 Å². The van der Waals surface area contributed by atoms with Crippen molar-refractivity contribution in [3.8, 4) is 33.4 Å². The molecule has 308 valence electrons. The molecule has 1 nitrogen and oxygen atoms in total. The summed E-state index contributed by atoms with van der Waals surface area (Å²) < 4.78 is 0. The Balaban J connectivity index is 0.956. The highest BCUT2D eigenvalue weighted by atomic mass is 15.1. The summed E-state index contributed by atoms with van der Waals surface area (Å²) in [6.07, 6.45) is 0. The Labute approximate surface area is 384 Å². The predicted molar refractivity (Wildman–Crippen MR) is 275 cm³/mol. The molecule has 11 aromatic carbocycles. The van der Waals surface area contributed by atoms with Gasteiger partial charge >= 0.3 is 0 Å². The van der Waals surface area contributed by atoms with Gasteiger partial charge in [-0.25, -0.2) is 0 Å². The van der Waals surface area contributed by atoms with Gasteiger partial charge in [0.15, 0.2) is 0 Å². The van der Waals surface area contributed by atoms with Crippen LogP contribution < -0.4 is 4.90 Å². The van der Waals surface area contributed by atoms with Gasteiger partial charge < -0.3 is 4.90 Å². The van der Waals surface area contributed by atoms with Crippen LogP contribution in [0.2, 0.25) is 0 Å². The van der Waals surface area contributed by atoms with Crippen molar-refractivity contribution < 1.29 is 0 Å². The molecule has 0 saturated heterocycles. The summed E-state index contributed by atoms with van der Waals surface area (Å²) >= 11 is 0. The zero-order chi connectivity index (χ0) is 43.5. The van der Waals surface area contributed by atoms with Crippen molar-refractivity contribution in [1.29, 1.82) is 0 Å². The van der Waals surface area contributed by atoms with Crippen LogP contribution >= 0.6 is 0 Å². The number of rotatable bonds is 5. The van der Waals surface area contributed by atoms with Crippen LogP contribution in [-0.2, 0) is 16.2 Å². The second-order valence-electron chi connectivity index (χ2n) is 19.5. The number of nitrogens with zero attached hydrogens (tertiary/aromatic N) is 1. The molecule has 0 unspecified atom stereocenters. The van der Waals surface area contributed by atoms with Gasteiger partial charge in [0.05, 0.1) is 10.8 Å². The molecule has 0 amide bonds. The fourth-order valence-electron chi connectivity index (χ4n) is 13.7. The van der Waals surface area contributed by atoms with E-state index in [0.29, 0.717) is 0 Å². The van der Waals surface area contributed by atoms with Crippen molar-refractivity contribution in [3.63, 3.8) is 0 Å². The van der Waals surface area contributed by atoms with E-state index in [1.807, 2.05) is 0 Å². The van der Waals surface area contributed by atoms with Crippen LogP contribution in [-0.4, -0.2) is 0 Å². The van der Waals surface area contributed by atoms with E-state index in [1.165, 1.54) is 110 Å². The average molecular weight is 838 g/mol. The Bertz CT molecular complexity index is 3790. The summed E-state index contributed by atoms with van der Waals surface area (Å²) in [6, 6.07) is 85.4. The quantitative estimate of drug-likeness (QED) is 0.167. The summed E-state index contributed by atoms with van der Waals surface area (Å²) in [6.45, 7) is 4.73. The summed E-state index contributed by atoms with van der Waals surface area (Å²) in [7, 11) is 0. The summed E-state index contributed by atoms with van der Waals surface area (Å²) in [5.41, 5.74) is 21.3. The van der Waals surface area contributed by atoms with E-state index < -0.39 is 10.8 Å². The highest BCUT2D eigenvalue weighted by Gasteiger charge is 2.70. The first-order valence-corrected chi connectivity index (χ1v) is 23.4. The lowest BCUT2D eigenvalue weighted by atomic mass is 9.59. The highest BCUT2D eigenvalue weighted by molar-refractivity contribution is 6.14. The van der Waals surface area contributed by atoms with E-state index in [4.69, 9.17) is 0 Å². The first-order chi connectivity index (χ1) is 32.5. The van der Waals surface area contributed by atoms with Gasteiger partial charge in [-0.3, -0.25) is 0 Å². The van der Waals surface area contributed by atoms with E-state index >= 15 is 0 Å². The molecule has 0 aliphatic heterocycles. The fraction of sp³-hybridized carbons (Fsp3) is 0.0769.